The number of fused-ring (bicyclic) bond motifs is 2. The van der Waals surface area contributed by atoms with Gasteiger partial charge in [0.15, 0.2) is 0 Å². The second-order valence-electron chi connectivity index (χ2n) is 7.66. The van der Waals surface area contributed by atoms with E-state index < -0.39 is 0 Å². The predicted molar refractivity (Wildman–Crippen MR) is 97.8 cm³/mol. The number of nitrogens with one attached hydrogen (secondary N) is 2. The molecule has 1 aliphatic heterocycles. The second kappa shape index (κ2) is 7.34. The summed E-state index contributed by atoms with van der Waals surface area (Å²) in [6, 6.07) is 8.81. The largest absolute Gasteiger partial charge is 0.379 e. The summed E-state index contributed by atoms with van der Waals surface area (Å²) in [6.07, 6.45) is 4.66. The summed E-state index contributed by atoms with van der Waals surface area (Å²) in [6.45, 7) is 6.26. The number of urea groups is 1. The van der Waals surface area contributed by atoms with Crippen LogP contribution in [-0.2, 0) is 16.6 Å². The van der Waals surface area contributed by atoms with E-state index >= 15 is 0 Å². The highest BCUT2D eigenvalue weighted by molar-refractivity contribution is 5.73. The molecule has 0 aromatic heterocycles. The van der Waals surface area contributed by atoms with Crippen molar-refractivity contribution in [3.63, 3.8) is 0 Å². The molecule has 2 aliphatic carbocycles. The van der Waals surface area contributed by atoms with Crippen molar-refractivity contribution in [2.75, 3.05) is 45.9 Å². The minimum atomic E-state index is -0.0182. The minimum absolute atomic E-state index is 0.0182. The Morgan fingerprint density at radius 2 is 2.08 bits per heavy atom. The van der Waals surface area contributed by atoms with Crippen molar-refractivity contribution >= 4 is 6.03 Å². The Morgan fingerprint density at radius 3 is 2.96 bits per heavy atom. The van der Waals surface area contributed by atoms with Crippen molar-refractivity contribution in [1.29, 1.82) is 0 Å². The van der Waals surface area contributed by atoms with E-state index in [9.17, 15) is 4.79 Å². The molecule has 2 fully saturated rings. The van der Waals surface area contributed by atoms with Gasteiger partial charge in [-0.1, -0.05) is 24.3 Å². The highest BCUT2D eigenvalue weighted by atomic mass is 16.5. The van der Waals surface area contributed by atoms with Crippen LogP contribution in [0.15, 0.2) is 24.3 Å². The molecule has 1 heterocycles. The van der Waals surface area contributed by atoms with E-state index in [1.807, 2.05) is 0 Å². The summed E-state index contributed by atoms with van der Waals surface area (Å²) in [4.78, 5) is 14.4. The second-order valence-corrected chi connectivity index (χ2v) is 7.66. The van der Waals surface area contributed by atoms with Gasteiger partial charge in [-0.25, -0.2) is 4.79 Å². The zero-order chi connectivity index (χ0) is 17.1. The van der Waals surface area contributed by atoms with E-state index in [0.717, 1.165) is 52.4 Å². The molecule has 2 N–H and O–H groups in total. The smallest absolute Gasteiger partial charge is 0.314 e. The molecule has 1 saturated heterocycles. The van der Waals surface area contributed by atoms with Gasteiger partial charge >= 0.3 is 6.03 Å². The van der Waals surface area contributed by atoms with Gasteiger partial charge in [0.25, 0.3) is 0 Å². The van der Waals surface area contributed by atoms with E-state index in [1.165, 1.54) is 30.4 Å². The molecular formula is C20H29N3O2. The summed E-state index contributed by atoms with van der Waals surface area (Å²) in [7, 11) is 0. The molecule has 1 saturated carbocycles. The van der Waals surface area contributed by atoms with Crippen LogP contribution >= 0.6 is 0 Å². The molecule has 0 radical (unpaired) electrons. The maximum atomic E-state index is 12.0. The number of ether oxygens (including phenoxy) is 1. The van der Waals surface area contributed by atoms with Crippen molar-refractivity contribution < 1.29 is 9.53 Å². The fourth-order valence-corrected chi connectivity index (χ4v) is 4.61. The lowest BCUT2D eigenvalue weighted by atomic mass is 9.95. The molecule has 2 unspecified atom stereocenters. The molecule has 1 aromatic rings. The molecule has 136 valence electrons. The fourth-order valence-electron chi connectivity index (χ4n) is 4.61. The highest BCUT2D eigenvalue weighted by Crippen LogP contribution is 2.61. The Kier molecular flexibility index (Phi) is 4.95. The van der Waals surface area contributed by atoms with Crippen LogP contribution in [0.1, 0.15) is 30.4 Å². The third-order valence-electron chi connectivity index (χ3n) is 6.18. The summed E-state index contributed by atoms with van der Waals surface area (Å²) < 4.78 is 5.34. The van der Waals surface area contributed by atoms with E-state index in [1.54, 1.807) is 0 Å². The molecule has 25 heavy (non-hydrogen) atoms. The summed E-state index contributed by atoms with van der Waals surface area (Å²) in [5.41, 5.74) is 3.41. The van der Waals surface area contributed by atoms with Crippen LogP contribution in [0.5, 0.6) is 0 Å². The number of hydrogen-bond acceptors (Lipinski definition) is 3. The van der Waals surface area contributed by atoms with Gasteiger partial charge in [-0.05, 0) is 49.3 Å². The molecule has 4 rings (SSSR count). The topological polar surface area (TPSA) is 53.6 Å². The van der Waals surface area contributed by atoms with Crippen LogP contribution in [0.3, 0.4) is 0 Å². The lowest BCUT2D eigenvalue weighted by Crippen LogP contribution is -2.40. The summed E-state index contributed by atoms with van der Waals surface area (Å²) in [5.74, 6) is 0.607. The Balaban J connectivity index is 1.14. The first-order valence-corrected chi connectivity index (χ1v) is 9.68. The number of nitrogens with zero attached hydrogens (tertiary/aromatic N) is 1. The van der Waals surface area contributed by atoms with Gasteiger partial charge in [0, 0.05) is 31.6 Å². The van der Waals surface area contributed by atoms with Crippen LogP contribution in [0.2, 0.25) is 0 Å². The first kappa shape index (κ1) is 16.9. The van der Waals surface area contributed by atoms with Crippen LogP contribution in [0.25, 0.3) is 0 Å². The van der Waals surface area contributed by atoms with Gasteiger partial charge in [-0.3, -0.25) is 4.90 Å². The number of carbonyl (C=O) groups excluding carboxylic acids is 1. The van der Waals surface area contributed by atoms with Gasteiger partial charge in [-0.15, -0.1) is 0 Å². The van der Waals surface area contributed by atoms with Gasteiger partial charge in [0.1, 0.15) is 0 Å². The molecular weight excluding hydrogens is 314 g/mol. The minimum Gasteiger partial charge on any atom is -0.379 e. The van der Waals surface area contributed by atoms with Crippen molar-refractivity contribution in [1.82, 2.24) is 15.5 Å². The first-order valence-electron chi connectivity index (χ1n) is 9.68. The number of hydrogen-bond donors (Lipinski definition) is 2. The van der Waals surface area contributed by atoms with Crippen LogP contribution in [0, 0.1) is 5.92 Å². The van der Waals surface area contributed by atoms with E-state index in [0.29, 0.717) is 11.3 Å². The monoisotopic (exact) mass is 343 g/mol. The van der Waals surface area contributed by atoms with Crippen molar-refractivity contribution in [2.24, 2.45) is 5.92 Å². The number of aryl methyl sites for hydroxylation is 1. The van der Waals surface area contributed by atoms with Gasteiger partial charge < -0.3 is 15.4 Å². The first-order chi connectivity index (χ1) is 12.3. The average Bonchev–Trinajstić information content (AvgIpc) is 3.24. The lowest BCUT2D eigenvalue weighted by molar-refractivity contribution is 0.0375. The lowest BCUT2D eigenvalue weighted by Gasteiger charge is -2.26. The van der Waals surface area contributed by atoms with Gasteiger partial charge in [0.2, 0.25) is 0 Å². The third kappa shape index (κ3) is 3.67. The van der Waals surface area contributed by atoms with Crippen molar-refractivity contribution in [2.45, 2.75) is 31.1 Å². The van der Waals surface area contributed by atoms with Gasteiger partial charge in [0.05, 0.1) is 13.2 Å². The maximum absolute atomic E-state index is 12.0. The maximum Gasteiger partial charge on any atom is 0.314 e. The quantitative estimate of drug-likeness (QED) is 0.776. The van der Waals surface area contributed by atoms with Crippen molar-refractivity contribution in [3.8, 4) is 0 Å². The van der Waals surface area contributed by atoms with E-state index in [4.69, 9.17) is 4.74 Å². The van der Waals surface area contributed by atoms with Crippen molar-refractivity contribution in [3.05, 3.63) is 35.4 Å². The van der Waals surface area contributed by atoms with E-state index in [2.05, 4.69) is 39.8 Å². The number of morpholine rings is 1. The van der Waals surface area contributed by atoms with Crippen LogP contribution in [0.4, 0.5) is 4.79 Å². The molecule has 1 spiro atoms. The number of benzene rings is 1. The van der Waals surface area contributed by atoms with Gasteiger partial charge in [-0.2, -0.15) is 0 Å². The third-order valence-corrected chi connectivity index (χ3v) is 6.18. The molecule has 0 bridgehead atoms. The highest BCUT2D eigenvalue weighted by Gasteiger charge is 2.57. The number of amides is 2. The average molecular weight is 343 g/mol. The zero-order valence-electron chi connectivity index (χ0n) is 14.9. The Morgan fingerprint density at radius 1 is 1.24 bits per heavy atom. The molecule has 2 atom stereocenters. The summed E-state index contributed by atoms with van der Waals surface area (Å²) in [5, 5.41) is 6.08. The zero-order valence-corrected chi connectivity index (χ0v) is 14.9. The van der Waals surface area contributed by atoms with E-state index in [-0.39, 0.29) is 6.03 Å². The Labute approximate surface area is 150 Å². The summed E-state index contributed by atoms with van der Waals surface area (Å²) >= 11 is 0. The Hall–Kier alpha value is -1.59. The predicted octanol–water partition coefficient (Wildman–Crippen LogP) is 1.91. The van der Waals surface area contributed by atoms with Crippen LogP contribution < -0.4 is 10.6 Å². The number of rotatable bonds is 6. The molecule has 1 aromatic carbocycles. The SMILES string of the molecule is O=C(NCCCN1CCOCC1)NCC1CC12CCc1ccccc12. The molecule has 5 heteroatoms. The fraction of sp³-hybridized carbons (Fsp3) is 0.650. The molecule has 2 amide bonds. The van der Waals surface area contributed by atoms with Crippen LogP contribution in [-0.4, -0.2) is 56.9 Å². The number of carbonyl (C=O) groups is 1. The molecule has 5 nitrogen and oxygen atoms in total. The standard InChI is InChI=1S/C20H29N3O2/c24-19(21-8-3-9-23-10-12-25-13-11-23)22-15-17-14-20(17)7-6-16-4-1-2-5-18(16)20/h1-2,4-5,17H,3,6-15H2,(H2,21,22,24). The Bertz CT molecular complexity index is 615. The normalized spacial score (nSPS) is 27.9. The molecule has 3 aliphatic rings.